The molecular weight excluding hydrogens is 312 g/mol. The van der Waals surface area contributed by atoms with Crippen molar-refractivity contribution >= 4 is 17.5 Å². The lowest BCUT2D eigenvalue weighted by Crippen LogP contribution is -2.41. The first kappa shape index (κ1) is 17.2. The van der Waals surface area contributed by atoms with Gasteiger partial charge in [-0.15, -0.1) is 0 Å². The van der Waals surface area contributed by atoms with Crippen molar-refractivity contribution in [3.63, 3.8) is 0 Å². The minimum atomic E-state index is -0.682. The van der Waals surface area contributed by atoms with Crippen molar-refractivity contribution in [2.75, 3.05) is 26.0 Å². The predicted molar refractivity (Wildman–Crippen MR) is 99.6 cm³/mol. The molecule has 0 unspecified atom stereocenters. The van der Waals surface area contributed by atoms with Crippen molar-refractivity contribution in [1.82, 2.24) is 4.90 Å². The van der Waals surface area contributed by atoms with Crippen LogP contribution in [0.2, 0.25) is 0 Å². The lowest BCUT2D eigenvalue weighted by atomic mass is 9.73. The second kappa shape index (κ2) is 6.71. The molecular formula is C21H24N2O2. The van der Waals surface area contributed by atoms with Crippen molar-refractivity contribution in [3.8, 4) is 0 Å². The monoisotopic (exact) mass is 336 g/mol. The van der Waals surface area contributed by atoms with E-state index in [2.05, 4.69) is 0 Å². The Morgan fingerprint density at radius 1 is 1.04 bits per heavy atom. The zero-order valence-corrected chi connectivity index (χ0v) is 15.0. The van der Waals surface area contributed by atoms with Crippen LogP contribution in [0, 0.1) is 0 Å². The molecule has 4 nitrogen and oxygen atoms in total. The number of rotatable bonds is 5. The molecule has 1 aliphatic rings. The normalized spacial score (nSPS) is 19.0. The van der Waals surface area contributed by atoms with Gasteiger partial charge in [-0.05, 0) is 30.0 Å². The molecule has 0 saturated carbocycles. The van der Waals surface area contributed by atoms with Crippen LogP contribution in [0.1, 0.15) is 24.0 Å². The van der Waals surface area contributed by atoms with Crippen LogP contribution in [0.15, 0.2) is 54.6 Å². The number of nitrogens with zero attached hydrogens (tertiary/aromatic N) is 2. The number of anilines is 1. The SMILES string of the molecule is CN(C)C(=O)CC[C@@]1(Cc2ccccc2)C(=O)N(C)c2ccccc21. The zero-order chi connectivity index (χ0) is 18.0. The van der Waals surface area contributed by atoms with Crippen LogP contribution < -0.4 is 4.90 Å². The van der Waals surface area contributed by atoms with Crippen LogP contribution in [-0.4, -0.2) is 37.9 Å². The largest absolute Gasteiger partial charge is 0.349 e. The fourth-order valence-corrected chi connectivity index (χ4v) is 3.71. The number of benzene rings is 2. The van der Waals surface area contributed by atoms with E-state index in [1.54, 1.807) is 23.9 Å². The van der Waals surface area contributed by atoms with Crippen LogP contribution in [0.4, 0.5) is 5.69 Å². The van der Waals surface area contributed by atoms with E-state index in [1.165, 1.54) is 0 Å². The van der Waals surface area contributed by atoms with Crippen molar-refractivity contribution in [2.24, 2.45) is 0 Å². The van der Waals surface area contributed by atoms with Gasteiger partial charge in [0, 0.05) is 33.3 Å². The van der Waals surface area contributed by atoms with Gasteiger partial charge >= 0.3 is 0 Å². The number of carbonyl (C=O) groups is 2. The van der Waals surface area contributed by atoms with Gasteiger partial charge in [-0.1, -0.05) is 48.5 Å². The number of amides is 2. The fourth-order valence-electron chi connectivity index (χ4n) is 3.71. The fraction of sp³-hybridized carbons (Fsp3) is 0.333. The lowest BCUT2D eigenvalue weighted by molar-refractivity contribution is -0.129. The van der Waals surface area contributed by atoms with E-state index in [-0.39, 0.29) is 11.8 Å². The van der Waals surface area contributed by atoms with Gasteiger partial charge in [0.1, 0.15) is 0 Å². The predicted octanol–water partition coefficient (Wildman–Crippen LogP) is 3.01. The molecule has 4 heteroatoms. The maximum absolute atomic E-state index is 13.3. The van der Waals surface area contributed by atoms with Gasteiger partial charge in [0.2, 0.25) is 11.8 Å². The summed E-state index contributed by atoms with van der Waals surface area (Å²) in [5, 5.41) is 0. The van der Waals surface area contributed by atoms with Crippen LogP contribution in [0.25, 0.3) is 0 Å². The van der Waals surface area contributed by atoms with E-state index >= 15 is 0 Å². The highest BCUT2D eigenvalue weighted by Gasteiger charge is 2.49. The van der Waals surface area contributed by atoms with Crippen LogP contribution in [0.3, 0.4) is 0 Å². The Labute approximate surface area is 149 Å². The van der Waals surface area contributed by atoms with Gasteiger partial charge in [0.25, 0.3) is 0 Å². The number of carbonyl (C=O) groups excluding carboxylic acids is 2. The summed E-state index contributed by atoms with van der Waals surface area (Å²) in [6.45, 7) is 0. The molecule has 0 N–H and O–H groups in total. The highest BCUT2D eigenvalue weighted by atomic mass is 16.2. The molecule has 25 heavy (non-hydrogen) atoms. The molecule has 2 aromatic carbocycles. The quantitative estimate of drug-likeness (QED) is 0.842. The first-order valence-electron chi connectivity index (χ1n) is 8.57. The van der Waals surface area contributed by atoms with E-state index in [4.69, 9.17) is 0 Å². The Morgan fingerprint density at radius 3 is 2.36 bits per heavy atom. The summed E-state index contributed by atoms with van der Waals surface area (Å²) in [6, 6.07) is 18.0. The average molecular weight is 336 g/mol. The van der Waals surface area contributed by atoms with E-state index in [9.17, 15) is 9.59 Å². The topological polar surface area (TPSA) is 40.6 Å². The maximum atomic E-state index is 13.3. The molecule has 3 rings (SSSR count). The van der Waals surface area contributed by atoms with Crippen molar-refractivity contribution in [2.45, 2.75) is 24.7 Å². The highest BCUT2D eigenvalue weighted by Crippen LogP contribution is 2.46. The summed E-state index contributed by atoms with van der Waals surface area (Å²) in [5.74, 6) is 0.122. The lowest BCUT2D eigenvalue weighted by Gasteiger charge is -2.29. The van der Waals surface area contributed by atoms with Crippen LogP contribution in [-0.2, 0) is 21.4 Å². The van der Waals surface area contributed by atoms with Gasteiger partial charge < -0.3 is 9.80 Å². The van der Waals surface area contributed by atoms with E-state index in [1.807, 2.05) is 61.6 Å². The third kappa shape index (κ3) is 3.04. The number of hydrogen-bond donors (Lipinski definition) is 0. The summed E-state index contributed by atoms with van der Waals surface area (Å²) in [5.41, 5.74) is 2.40. The minimum Gasteiger partial charge on any atom is -0.349 e. The Bertz CT molecular complexity index is 785. The molecule has 2 aromatic rings. The third-order valence-corrected chi connectivity index (χ3v) is 5.11. The smallest absolute Gasteiger partial charge is 0.237 e. The van der Waals surface area contributed by atoms with Crippen molar-refractivity contribution in [3.05, 3.63) is 65.7 Å². The molecule has 2 amide bonds. The van der Waals surface area contributed by atoms with Crippen LogP contribution in [0.5, 0.6) is 0 Å². The van der Waals surface area contributed by atoms with E-state index in [0.717, 1.165) is 16.8 Å². The maximum Gasteiger partial charge on any atom is 0.237 e. The number of fused-ring (bicyclic) bond motifs is 1. The Morgan fingerprint density at radius 2 is 1.68 bits per heavy atom. The molecule has 0 saturated heterocycles. The first-order valence-corrected chi connectivity index (χ1v) is 8.57. The first-order chi connectivity index (χ1) is 12.0. The summed E-state index contributed by atoms with van der Waals surface area (Å²) in [6.07, 6.45) is 1.47. The Kier molecular flexibility index (Phi) is 4.62. The molecule has 1 heterocycles. The van der Waals surface area contributed by atoms with Crippen LogP contribution >= 0.6 is 0 Å². The Balaban J connectivity index is 2.03. The van der Waals surface area contributed by atoms with Gasteiger partial charge in [-0.2, -0.15) is 0 Å². The van der Waals surface area contributed by atoms with Gasteiger partial charge in [0.05, 0.1) is 5.41 Å². The molecule has 0 aliphatic carbocycles. The van der Waals surface area contributed by atoms with E-state index in [0.29, 0.717) is 19.3 Å². The number of hydrogen-bond acceptors (Lipinski definition) is 2. The third-order valence-electron chi connectivity index (χ3n) is 5.11. The molecule has 0 radical (unpaired) electrons. The van der Waals surface area contributed by atoms with Crippen molar-refractivity contribution < 1.29 is 9.59 Å². The second-order valence-electron chi connectivity index (χ2n) is 6.91. The minimum absolute atomic E-state index is 0.0484. The standard InChI is InChI=1S/C21H24N2O2/c1-22(2)19(24)13-14-21(15-16-9-5-4-6-10-16)17-11-7-8-12-18(17)23(3)20(21)25/h4-12H,13-15H2,1-3H3/t21-/m0/s1. The zero-order valence-electron chi connectivity index (χ0n) is 15.0. The number of likely N-dealkylation sites (N-methyl/N-ethyl adjacent to an activating group) is 1. The summed E-state index contributed by atoms with van der Waals surface area (Å²) < 4.78 is 0. The highest BCUT2D eigenvalue weighted by molar-refractivity contribution is 6.08. The molecule has 0 spiro atoms. The summed E-state index contributed by atoms with van der Waals surface area (Å²) in [4.78, 5) is 28.8. The molecule has 0 bridgehead atoms. The van der Waals surface area contributed by atoms with Gasteiger partial charge in [0.15, 0.2) is 0 Å². The van der Waals surface area contributed by atoms with Gasteiger partial charge in [-0.3, -0.25) is 9.59 Å². The molecule has 130 valence electrons. The Hall–Kier alpha value is -2.62. The summed E-state index contributed by atoms with van der Waals surface area (Å²) >= 11 is 0. The van der Waals surface area contributed by atoms with E-state index < -0.39 is 5.41 Å². The molecule has 0 fully saturated rings. The average Bonchev–Trinajstić information content (AvgIpc) is 2.83. The molecule has 1 atom stereocenters. The second-order valence-corrected chi connectivity index (χ2v) is 6.91. The van der Waals surface area contributed by atoms with Crippen molar-refractivity contribution in [1.29, 1.82) is 0 Å². The van der Waals surface area contributed by atoms with Gasteiger partial charge in [-0.25, -0.2) is 0 Å². The number of para-hydroxylation sites is 1. The molecule has 1 aliphatic heterocycles. The molecule has 0 aromatic heterocycles. The summed E-state index contributed by atoms with van der Waals surface area (Å²) in [7, 11) is 5.33.